The number of nitrogens with zero attached hydrogens (tertiary/aromatic N) is 1. The van der Waals surface area contributed by atoms with E-state index in [1.165, 1.54) is 6.08 Å². The molecule has 1 atom stereocenters. The Balaban J connectivity index is 2.72. The summed E-state index contributed by atoms with van der Waals surface area (Å²) >= 11 is 0. The summed E-state index contributed by atoms with van der Waals surface area (Å²) < 4.78 is 0. The molecule has 0 saturated heterocycles. The molecular formula is C12H9NO. The third kappa shape index (κ3) is 1.06. The lowest BCUT2D eigenvalue weighted by atomic mass is 9.76. The summed E-state index contributed by atoms with van der Waals surface area (Å²) in [6.45, 7) is 1.81. The van der Waals surface area contributed by atoms with Crippen LogP contribution >= 0.6 is 0 Å². The summed E-state index contributed by atoms with van der Waals surface area (Å²) in [4.78, 5) is 11.5. The van der Waals surface area contributed by atoms with Crippen LogP contribution < -0.4 is 0 Å². The standard InChI is InChI=1S/C12H9NO/c1-12(8-13)7-6-11(14)9-4-2-3-5-10(9)12/h2-7H,1H3. The molecule has 0 aromatic heterocycles. The molecular weight excluding hydrogens is 174 g/mol. The number of carbonyl (C=O) groups is 1. The average Bonchev–Trinajstić information content (AvgIpc) is 2.24. The van der Waals surface area contributed by atoms with Gasteiger partial charge in [0.1, 0.15) is 0 Å². The first kappa shape index (κ1) is 8.71. The van der Waals surface area contributed by atoms with Gasteiger partial charge in [-0.3, -0.25) is 4.79 Å². The maximum absolute atomic E-state index is 11.5. The normalized spacial score (nSPS) is 24.1. The first-order chi connectivity index (χ1) is 6.67. The second-order valence-corrected chi connectivity index (χ2v) is 3.56. The highest BCUT2D eigenvalue weighted by Crippen LogP contribution is 2.31. The molecule has 1 aromatic rings. The van der Waals surface area contributed by atoms with Gasteiger partial charge in [0.2, 0.25) is 0 Å². The predicted molar refractivity (Wildman–Crippen MR) is 52.9 cm³/mol. The zero-order valence-corrected chi connectivity index (χ0v) is 7.82. The van der Waals surface area contributed by atoms with Gasteiger partial charge in [0, 0.05) is 5.56 Å². The summed E-state index contributed by atoms with van der Waals surface area (Å²) in [5, 5.41) is 9.07. The van der Waals surface area contributed by atoms with E-state index in [0.29, 0.717) is 5.56 Å². The Morgan fingerprint density at radius 2 is 2.07 bits per heavy atom. The van der Waals surface area contributed by atoms with E-state index >= 15 is 0 Å². The summed E-state index contributed by atoms with van der Waals surface area (Å²) in [5.41, 5.74) is 0.777. The molecule has 2 rings (SSSR count). The Hall–Kier alpha value is -1.88. The van der Waals surface area contributed by atoms with Crippen molar-refractivity contribution in [1.82, 2.24) is 0 Å². The fraction of sp³-hybridized carbons (Fsp3) is 0.167. The fourth-order valence-corrected chi connectivity index (χ4v) is 1.67. The predicted octanol–water partition coefficient (Wildman–Crippen LogP) is 2.22. The number of nitriles is 1. The third-order valence-electron chi connectivity index (χ3n) is 2.55. The minimum atomic E-state index is -0.662. The van der Waals surface area contributed by atoms with E-state index in [0.717, 1.165) is 5.56 Å². The topological polar surface area (TPSA) is 40.9 Å². The molecule has 1 aliphatic rings. The highest BCUT2D eigenvalue weighted by atomic mass is 16.1. The molecule has 0 bridgehead atoms. The molecule has 14 heavy (non-hydrogen) atoms. The lowest BCUT2D eigenvalue weighted by Crippen LogP contribution is -2.23. The quantitative estimate of drug-likeness (QED) is 0.618. The lowest BCUT2D eigenvalue weighted by molar-refractivity contribution is 0.104. The van der Waals surface area contributed by atoms with Gasteiger partial charge in [0.15, 0.2) is 5.78 Å². The van der Waals surface area contributed by atoms with Crippen molar-refractivity contribution in [1.29, 1.82) is 5.26 Å². The number of rotatable bonds is 0. The summed E-state index contributed by atoms with van der Waals surface area (Å²) in [6, 6.07) is 9.47. The highest BCUT2D eigenvalue weighted by Gasteiger charge is 2.30. The molecule has 0 spiro atoms. The van der Waals surface area contributed by atoms with Gasteiger partial charge in [-0.05, 0) is 18.6 Å². The van der Waals surface area contributed by atoms with Gasteiger partial charge in [-0.2, -0.15) is 5.26 Å². The van der Waals surface area contributed by atoms with Crippen molar-refractivity contribution in [3.63, 3.8) is 0 Å². The molecule has 1 aromatic carbocycles. The number of allylic oxidation sites excluding steroid dienone is 2. The van der Waals surface area contributed by atoms with Gasteiger partial charge in [0.25, 0.3) is 0 Å². The molecule has 0 fully saturated rings. The number of carbonyl (C=O) groups excluding carboxylic acids is 1. The van der Waals surface area contributed by atoms with Crippen LogP contribution in [0.5, 0.6) is 0 Å². The smallest absolute Gasteiger partial charge is 0.185 e. The number of benzene rings is 1. The monoisotopic (exact) mass is 183 g/mol. The molecule has 0 aliphatic heterocycles. The first-order valence-electron chi connectivity index (χ1n) is 4.42. The SMILES string of the molecule is CC1(C#N)C=CC(=O)c2ccccc21. The second-order valence-electron chi connectivity index (χ2n) is 3.56. The van der Waals surface area contributed by atoms with Crippen molar-refractivity contribution in [3.8, 4) is 6.07 Å². The number of hydrogen-bond donors (Lipinski definition) is 0. The van der Waals surface area contributed by atoms with E-state index in [4.69, 9.17) is 5.26 Å². The van der Waals surface area contributed by atoms with Crippen molar-refractivity contribution in [2.24, 2.45) is 0 Å². The second kappa shape index (κ2) is 2.81. The van der Waals surface area contributed by atoms with Crippen molar-refractivity contribution in [2.75, 3.05) is 0 Å². The van der Waals surface area contributed by atoms with Crippen LogP contribution in [0.2, 0.25) is 0 Å². The number of fused-ring (bicyclic) bond motifs is 1. The van der Waals surface area contributed by atoms with Crippen LogP contribution in [0.15, 0.2) is 36.4 Å². The molecule has 2 nitrogen and oxygen atoms in total. The number of hydrogen-bond acceptors (Lipinski definition) is 2. The Kier molecular flexibility index (Phi) is 1.75. The molecule has 1 aliphatic carbocycles. The van der Waals surface area contributed by atoms with E-state index in [1.807, 2.05) is 25.1 Å². The molecule has 0 N–H and O–H groups in total. The maximum Gasteiger partial charge on any atom is 0.185 e. The van der Waals surface area contributed by atoms with Crippen LogP contribution in [0.3, 0.4) is 0 Å². The van der Waals surface area contributed by atoms with Gasteiger partial charge in [-0.25, -0.2) is 0 Å². The zero-order chi connectivity index (χ0) is 10.2. The van der Waals surface area contributed by atoms with Gasteiger partial charge >= 0.3 is 0 Å². The summed E-state index contributed by atoms with van der Waals surface area (Å²) in [7, 11) is 0. The summed E-state index contributed by atoms with van der Waals surface area (Å²) in [6.07, 6.45) is 3.14. The van der Waals surface area contributed by atoms with Gasteiger partial charge in [-0.15, -0.1) is 0 Å². The fourth-order valence-electron chi connectivity index (χ4n) is 1.67. The third-order valence-corrected chi connectivity index (χ3v) is 2.55. The number of ketones is 1. The van der Waals surface area contributed by atoms with E-state index in [-0.39, 0.29) is 5.78 Å². The average molecular weight is 183 g/mol. The van der Waals surface area contributed by atoms with Crippen LogP contribution in [0.4, 0.5) is 0 Å². The Morgan fingerprint density at radius 3 is 2.79 bits per heavy atom. The minimum Gasteiger partial charge on any atom is -0.289 e. The van der Waals surface area contributed by atoms with Crippen molar-refractivity contribution < 1.29 is 4.79 Å². The Labute approximate surface area is 82.5 Å². The van der Waals surface area contributed by atoms with E-state index < -0.39 is 5.41 Å². The van der Waals surface area contributed by atoms with Gasteiger partial charge in [0.05, 0.1) is 11.5 Å². The molecule has 0 saturated carbocycles. The minimum absolute atomic E-state index is 0.0201. The summed E-state index contributed by atoms with van der Waals surface area (Å²) in [5.74, 6) is -0.0201. The van der Waals surface area contributed by atoms with Crippen molar-refractivity contribution in [3.05, 3.63) is 47.5 Å². The first-order valence-corrected chi connectivity index (χ1v) is 4.42. The van der Waals surface area contributed by atoms with E-state index in [1.54, 1.807) is 12.1 Å². The van der Waals surface area contributed by atoms with Crippen LogP contribution in [-0.2, 0) is 5.41 Å². The van der Waals surface area contributed by atoms with Gasteiger partial charge < -0.3 is 0 Å². The molecule has 1 unspecified atom stereocenters. The van der Waals surface area contributed by atoms with Crippen LogP contribution in [0, 0.1) is 11.3 Å². The maximum atomic E-state index is 11.5. The van der Waals surface area contributed by atoms with Crippen LogP contribution in [0.1, 0.15) is 22.8 Å². The molecule has 0 radical (unpaired) electrons. The highest BCUT2D eigenvalue weighted by molar-refractivity contribution is 6.07. The Bertz CT molecular complexity index is 467. The molecule has 68 valence electrons. The largest absolute Gasteiger partial charge is 0.289 e. The Morgan fingerprint density at radius 1 is 1.36 bits per heavy atom. The van der Waals surface area contributed by atoms with Crippen molar-refractivity contribution >= 4 is 5.78 Å². The molecule has 2 heteroatoms. The van der Waals surface area contributed by atoms with Crippen LogP contribution in [-0.4, -0.2) is 5.78 Å². The molecule has 0 amide bonds. The molecule has 0 heterocycles. The van der Waals surface area contributed by atoms with E-state index in [2.05, 4.69) is 6.07 Å². The van der Waals surface area contributed by atoms with Crippen LogP contribution in [0.25, 0.3) is 0 Å². The lowest BCUT2D eigenvalue weighted by Gasteiger charge is -2.23. The van der Waals surface area contributed by atoms with Gasteiger partial charge in [-0.1, -0.05) is 30.3 Å². The van der Waals surface area contributed by atoms with E-state index in [9.17, 15) is 4.79 Å². The van der Waals surface area contributed by atoms with Crippen molar-refractivity contribution in [2.45, 2.75) is 12.3 Å². The zero-order valence-electron chi connectivity index (χ0n) is 7.82.